The van der Waals surface area contributed by atoms with Crippen LogP contribution in [0.3, 0.4) is 0 Å². The molecule has 0 aliphatic carbocycles. The number of rotatable bonds is 5. The highest BCUT2D eigenvalue weighted by Gasteiger charge is 1.97. The summed E-state index contributed by atoms with van der Waals surface area (Å²) >= 11 is 0. The molecule has 0 saturated carbocycles. The molecule has 1 aromatic rings. The Balaban J connectivity index is 2.63. The number of aryl methyl sites for hydroxylation is 1. The van der Waals surface area contributed by atoms with Crippen molar-refractivity contribution in [2.75, 3.05) is 13.1 Å². The van der Waals surface area contributed by atoms with E-state index >= 15 is 0 Å². The van der Waals surface area contributed by atoms with Crippen LogP contribution in [0.4, 0.5) is 0 Å². The van der Waals surface area contributed by atoms with Crippen molar-refractivity contribution in [3.05, 3.63) is 29.2 Å². The number of furan rings is 1. The van der Waals surface area contributed by atoms with E-state index in [4.69, 9.17) is 4.42 Å². The van der Waals surface area contributed by atoms with E-state index in [2.05, 4.69) is 25.2 Å². The highest BCUT2D eigenvalue weighted by Crippen LogP contribution is 2.12. The van der Waals surface area contributed by atoms with Crippen LogP contribution in [0.2, 0.25) is 0 Å². The second kappa shape index (κ2) is 5.66. The van der Waals surface area contributed by atoms with Crippen molar-refractivity contribution in [2.24, 2.45) is 0 Å². The summed E-state index contributed by atoms with van der Waals surface area (Å²) in [6, 6.07) is 4.00. The minimum atomic E-state index is 0.951. The SMILES string of the molecule is CCNCC(=Cc1ccc(C)o1)CC. The van der Waals surface area contributed by atoms with Crippen molar-refractivity contribution in [3.8, 4) is 0 Å². The second-order valence-electron chi connectivity index (χ2n) is 3.38. The predicted octanol–water partition coefficient (Wildman–Crippen LogP) is 2.99. The molecule has 2 heteroatoms. The summed E-state index contributed by atoms with van der Waals surface area (Å²) in [6.45, 7) is 8.21. The zero-order valence-electron chi connectivity index (χ0n) is 9.26. The normalized spacial score (nSPS) is 12.1. The van der Waals surface area contributed by atoms with Gasteiger partial charge in [-0.15, -0.1) is 0 Å². The van der Waals surface area contributed by atoms with E-state index in [0.717, 1.165) is 31.0 Å². The number of hydrogen-bond donors (Lipinski definition) is 1. The fourth-order valence-corrected chi connectivity index (χ4v) is 1.30. The largest absolute Gasteiger partial charge is 0.462 e. The molecule has 0 saturated heterocycles. The van der Waals surface area contributed by atoms with Crippen LogP contribution in [0.25, 0.3) is 6.08 Å². The summed E-state index contributed by atoms with van der Waals surface area (Å²) < 4.78 is 5.49. The Morgan fingerprint density at radius 3 is 2.71 bits per heavy atom. The molecule has 78 valence electrons. The van der Waals surface area contributed by atoms with Gasteiger partial charge in [0.2, 0.25) is 0 Å². The van der Waals surface area contributed by atoms with Crippen LogP contribution in [0, 0.1) is 6.92 Å². The lowest BCUT2D eigenvalue weighted by Crippen LogP contribution is -2.15. The summed E-state index contributed by atoms with van der Waals surface area (Å²) in [7, 11) is 0. The fourth-order valence-electron chi connectivity index (χ4n) is 1.30. The topological polar surface area (TPSA) is 25.2 Å². The molecule has 1 N–H and O–H groups in total. The van der Waals surface area contributed by atoms with Gasteiger partial charge in [-0.1, -0.05) is 19.4 Å². The van der Waals surface area contributed by atoms with E-state index < -0.39 is 0 Å². The Labute approximate surface area is 86.0 Å². The van der Waals surface area contributed by atoms with Crippen LogP contribution in [0.1, 0.15) is 31.8 Å². The Hall–Kier alpha value is -1.02. The molecule has 0 aliphatic heterocycles. The van der Waals surface area contributed by atoms with E-state index in [1.807, 2.05) is 19.1 Å². The molecule has 0 radical (unpaired) electrons. The van der Waals surface area contributed by atoms with Crippen LogP contribution in [-0.4, -0.2) is 13.1 Å². The third-order valence-corrected chi connectivity index (χ3v) is 2.16. The van der Waals surface area contributed by atoms with Gasteiger partial charge in [-0.05, 0) is 38.1 Å². The van der Waals surface area contributed by atoms with Gasteiger partial charge in [0.1, 0.15) is 11.5 Å². The van der Waals surface area contributed by atoms with Gasteiger partial charge in [0.25, 0.3) is 0 Å². The molecular formula is C12H19NO. The third-order valence-electron chi connectivity index (χ3n) is 2.16. The Bertz CT molecular complexity index is 299. The van der Waals surface area contributed by atoms with E-state index in [-0.39, 0.29) is 0 Å². The first kappa shape index (κ1) is 11.1. The summed E-state index contributed by atoms with van der Waals surface area (Å²) in [5.74, 6) is 1.92. The lowest BCUT2D eigenvalue weighted by atomic mass is 10.1. The van der Waals surface area contributed by atoms with Gasteiger partial charge >= 0.3 is 0 Å². The molecule has 0 aliphatic rings. The quantitative estimate of drug-likeness (QED) is 0.777. The maximum Gasteiger partial charge on any atom is 0.127 e. The minimum Gasteiger partial charge on any atom is -0.462 e. The van der Waals surface area contributed by atoms with Gasteiger partial charge in [0.05, 0.1) is 0 Å². The van der Waals surface area contributed by atoms with E-state index in [9.17, 15) is 0 Å². The van der Waals surface area contributed by atoms with Crippen LogP contribution >= 0.6 is 0 Å². The molecular weight excluding hydrogens is 174 g/mol. The Morgan fingerprint density at radius 1 is 1.43 bits per heavy atom. The van der Waals surface area contributed by atoms with Crippen LogP contribution in [0.5, 0.6) is 0 Å². The lowest BCUT2D eigenvalue weighted by Gasteiger charge is -2.03. The molecule has 0 fully saturated rings. The van der Waals surface area contributed by atoms with Gasteiger partial charge in [-0.2, -0.15) is 0 Å². The second-order valence-corrected chi connectivity index (χ2v) is 3.38. The average Bonchev–Trinajstić information content (AvgIpc) is 2.58. The highest BCUT2D eigenvalue weighted by atomic mass is 16.3. The Kier molecular flexibility index (Phi) is 4.47. The fraction of sp³-hybridized carbons (Fsp3) is 0.500. The predicted molar refractivity (Wildman–Crippen MR) is 60.3 cm³/mol. The molecule has 0 unspecified atom stereocenters. The van der Waals surface area contributed by atoms with Crippen LogP contribution < -0.4 is 5.32 Å². The number of nitrogens with one attached hydrogen (secondary N) is 1. The lowest BCUT2D eigenvalue weighted by molar-refractivity contribution is 0.524. The van der Waals surface area contributed by atoms with Gasteiger partial charge < -0.3 is 9.73 Å². The summed E-state index contributed by atoms with van der Waals surface area (Å²) in [5, 5.41) is 3.32. The van der Waals surface area contributed by atoms with Crippen molar-refractivity contribution >= 4 is 6.08 Å². The van der Waals surface area contributed by atoms with Crippen molar-refractivity contribution in [2.45, 2.75) is 27.2 Å². The zero-order valence-corrected chi connectivity index (χ0v) is 9.26. The number of likely N-dealkylation sites (N-methyl/N-ethyl adjacent to an activating group) is 1. The summed E-state index contributed by atoms with van der Waals surface area (Å²) in [5.41, 5.74) is 1.38. The van der Waals surface area contributed by atoms with Crippen molar-refractivity contribution in [1.82, 2.24) is 5.32 Å². The first-order chi connectivity index (χ1) is 6.76. The average molecular weight is 193 g/mol. The smallest absolute Gasteiger partial charge is 0.127 e. The van der Waals surface area contributed by atoms with Crippen molar-refractivity contribution in [1.29, 1.82) is 0 Å². The molecule has 0 bridgehead atoms. The highest BCUT2D eigenvalue weighted by molar-refractivity contribution is 5.48. The first-order valence-electron chi connectivity index (χ1n) is 5.22. The van der Waals surface area contributed by atoms with Gasteiger partial charge in [0.15, 0.2) is 0 Å². The molecule has 1 heterocycles. The molecule has 2 nitrogen and oxygen atoms in total. The van der Waals surface area contributed by atoms with Crippen molar-refractivity contribution < 1.29 is 4.42 Å². The molecule has 1 rings (SSSR count). The third kappa shape index (κ3) is 3.38. The van der Waals surface area contributed by atoms with Crippen molar-refractivity contribution in [3.63, 3.8) is 0 Å². The monoisotopic (exact) mass is 193 g/mol. The van der Waals surface area contributed by atoms with Crippen LogP contribution in [-0.2, 0) is 0 Å². The first-order valence-corrected chi connectivity index (χ1v) is 5.22. The van der Waals surface area contributed by atoms with E-state index in [1.165, 1.54) is 5.57 Å². The van der Waals surface area contributed by atoms with Gasteiger partial charge in [-0.25, -0.2) is 0 Å². The molecule has 0 spiro atoms. The van der Waals surface area contributed by atoms with E-state index in [0.29, 0.717) is 0 Å². The number of hydrogen-bond acceptors (Lipinski definition) is 2. The molecule has 0 atom stereocenters. The Morgan fingerprint density at radius 2 is 2.21 bits per heavy atom. The van der Waals surface area contributed by atoms with Gasteiger partial charge in [-0.3, -0.25) is 0 Å². The maximum atomic E-state index is 5.49. The molecule has 1 aromatic heterocycles. The maximum absolute atomic E-state index is 5.49. The van der Waals surface area contributed by atoms with Crippen LogP contribution in [0.15, 0.2) is 22.1 Å². The van der Waals surface area contributed by atoms with E-state index in [1.54, 1.807) is 0 Å². The summed E-state index contributed by atoms with van der Waals surface area (Å²) in [6.07, 6.45) is 3.18. The molecule has 0 amide bonds. The van der Waals surface area contributed by atoms with Gasteiger partial charge in [0, 0.05) is 6.54 Å². The standard InChI is InChI=1S/C12H19NO/c1-4-11(9-13-5-2)8-12-7-6-10(3)14-12/h6-8,13H,4-5,9H2,1-3H3. The molecule has 14 heavy (non-hydrogen) atoms. The molecule has 0 aromatic carbocycles. The summed E-state index contributed by atoms with van der Waals surface area (Å²) in [4.78, 5) is 0. The zero-order chi connectivity index (χ0) is 10.4. The minimum absolute atomic E-state index is 0.951.